The Morgan fingerprint density at radius 2 is 1.86 bits per heavy atom. The molecular weight excluding hydrogens is 288 g/mol. The van der Waals surface area contributed by atoms with Gasteiger partial charge in [-0.1, -0.05) is 19.1 Å². The summed E-state index contributed by atoms with van der Waals surface area (Å²) in [5, 5.41) is 0. The lowest BCUT2D eigenvalue weighted by atomic mass is 10.1. The lowest BCUT2D eigenvalue weighted by Crippen LogP contribution is -2.26. The minimum Gasteiger partial charge on any atom is -0.294 e. The van der Waals surface area contributed by atoms with E-state index >= 15 is 0 Å². The zero-order valence-corrected chi connectivity index (χ0v) is 12.7. The Bertz CT molecular complexity index is 743. The second-order valence-corrected chi connectivity index (χ2v) is 6.45. The van der Waals surface area contributed by atoms with Crippen molar-refractivity contribution in [2.24, 2.45) is 0 Å². The molecule has 0 radical (unpaired) electrons. The quantitative estimate of drug-likeness (QED) is 0.796. The smallest absolute Gasteiger partial charge is 0.264 e. The number of rotatable bonds is 5. The molecule has 5 nitrogen and oxygen atoms in total. The van der Waals surface area contributed by atoms with Crippen molar-refractivity contribution in [2.75, 3.05) is 11.4 Å². The SMILES string of the molecule is CCC(=O)c1cccc(S(=O)(=O)N(C)c2ccncc2)c1. The van der Waals surface area contributed by atoms with E-state index in [9.17, 15) is 13.2 Å². The molecule has 0 aliphatic carbocycles. The molecule has 0 unspecified atom stereocenters. The van der Waals surface area contributed by atoms with E-state index in [4.69, 9.17) is 0 Å². The number of hydrogen-bond acceptors (Lipinski definition) is 4. The molecule has 2 aromatic rings. The molecule has 0 bridgehead atoms. The lowest BCUT2D eigenvalue weighted by molar-refractivity contribution is 0.0988. The molecule has 2 rings (SSSR count). The first-order valence-electron chi connectivity index (χ1n) is 6.49. The molecule has 0 saturated carbocycles. The van der Waals surface area contributed by atoms with Crippen molar-refractivity contribution in [3.05, 3.63) is 54.4 Å². The maximum absolute atomic E-state index is 12.6. The Morgan fingerprint density at radius 1 is 1.19 bits per heavy atom. The zero-order valence-electron chi connectivity index (χ0n) is 11.9. The van der Waals surface area contributed by atoms with Crippen LogP contribution in [0.15, 0.2) is 53.7 Å². The van der Waals surface area contributed by atoms with Crippen LogP contribution in [0, 0.1) is 0 Å². The number of aromatic nitrogens is 1. The fraction of sp³-hybridized carbons (Fsp3) is 0.200. The van der Waals surface area contributed by atoms with Crippen molar-refractivity contribution in [2.45, 2.75) is 18.2 Å². The number of anilines is 1. The number of carbonyl (C=O) groups is 1. The van der Waals surface area contributed by atoms with E-state index in [1.165, 1.54) is 35.9 Å². The van der Waals surface area contributed by atoms with Crippen molar-refractivity contribution in [1.29, 1.82) is 0 Å². The second kappa shape index (κ2) is 6.05. The van der Waals surface area contributed by atoms with Crippen LogP contribution in [0.5, 0.6) is 0 Å². The number of pyridine rings is 1. The fourth-order valence-electron chi connectivity index (χ4n) is 1.88. The summed E-state index contributed by atoms with van der Waals surface area (Å²) in [6.07, 6.45) is 3.39. The Balaban J connectivity index is 2.43. The van der Waals surface area contributed by atoms with Crippen LogP contribution >= 0.6 is 0 Å². The van der Waals surface area contributed by atoms with Gasteiger partial charge >= 0.3 is 0 Å². The van der Waals surface area contributed by atoms with E-state index in [0.29, 0.717) is 17.7 Å². The Morgan fingerprint density at radius 3 is 2.48 bits per heavy atom. The minimum absolute atomic E-state index is 0.0846. The first-order chi connectivity index (χ1) is 9.96. The minimum atomic E-state index is -3.70. The van der Waals surface area contributed by atoms with Crippen molar-refractivity contribution in [3.8, 4) is 0 Å². The largest absolute Gasteiger partial charge is 0.294 e. The molecule has 1 heterocycles. The average molecular weight is 304 g/mol. The number of benzene rings is 1. The lowest BCUT2D eigenvalue weighted by Gasteiger charge is -2.19. The molecule has 0 spiro atoms. The average Bonchev–Trinajstić information content (AvgIpc) is 2.54. The van der Waals surface area contributed by atoms with E-state index in [2.05, 4.69) is 4.98 Å². The maximum atomic E-state index is 12.6. The Labute approximate surface area is 124 Å². The van der Waals surface area contributed by atoms with Gasteiger partial charge in [-0.3, -0.25) is 14.1 Å². The van der Waals surface area contributed by atoms with E-state index in [1.54, 1.807) is 31.2 Å². The Hall–Kier alpha value is -2.21. The summed E-state index contributed by atoms with van der Waals surface area (Å²) < 4.78 is 26.4. The third-order valence-corrected chi connectivity index (χ3v) is 4.94. The number of nitrogens with zero attached hydrogens (tertiary/aromatic N) is 2. The van der Waals surface area contributed by atoms with Crippen molar-refractivity contribution in [1.82, 2.24) is 4.98 Å². The molecule has 110 valence electrons. The summed E-state index contributed by atoms with van der Waals surface area (Å²) in [5.41, 5.74) is 0.916. The maximum Gasteiger partial charge on any atom is 0.264 e. The molecule has 0 N–H and O–H groups in total. The predicted molar refractivity (Wildman–Crippen MR) is 80.9 cm³/mol. The van der Waals surface area contributed by atoms with Crippen LogP contribution < -0.4 is 4.31 Å². The van der Waals surface area contributed by atoms with E-state index in [1.807, 2.05) is 0 Å². The van der Waals surface area contributed by atoms with Gasteiger partial charge in [0.2, 0.25) is 0 Å². The molecule has 0 fully saturated rings. The van der Waals surface area contributed by atoms with Crippen molar-refractivity contribution >= 4 is 21.5 Å². The summed E-state index contributed by atoms with van der Waals surface area (Å²) in [6.45, 7) is 1.74. The highest BCUT2D eigenvalue weighted by Gasteiger charge is 2.22. The number of Topliss-reactive ketones (excluding diaryl/α,β-unsaturated/α-hetero) is 1. The number of hydrogen-bond donors (Lipinski definition) is 0. The molecule has 0 saturated heterocycles. The molecule has 6 heteroatoms. The number of carbonyl (C=O) groups excluding carboxylic acids is 1. The molecule has 0 amide bonds. The third-order valence-electron chi connectivity index (χ3n) is 3.16. The fourth-order valence-corrected chi connectivity index (χ4v) is 3.13. The van der Waals surface area contributed by atoms with Crippen molar-refractivity contribution in [3.63, 3.8) is 0 Å². The standard InChI is InChI=1S/C15H16N2O3S/c1-3-15(18)12-5-4-6-14(11-12)21(19,20)17(2)13-7-9-16-10-8-13/h4-11H,3H2,1-2H3. The second-order valence-electron chi connectivity index (χ2n) is 4.48. The molecule has 0 aliphatic rings. The molecule has 1 aromatic carbocycles. The van der Waals surface area contributed by atoms with Gasteiger partial charge in [0.15, 0.2) is 5.78 Å². The summed E-state index contributed by atoms with van der Waals surface area (Å²) in [7, 11) is -2.23. The third kappa shape index (κ3) is 3.11. The van der Waals surface area contributed by atoms with Crippen LogP contribution in [0.25, 0.3) is 0 Å². The zero-order chi connectivity index (χ0) is 15.5. The van der Waals surface area contributed by atoms with Gasteiger partial charge in [-0.25, -0.2) is 8.42 Å². The molecule has 1 aromatic heterocycles. The van der Waals surface area contributed by atoms with Gasteiger partial charge in [-0.2, -0.15) is 0 Å². The van der Waals surface area contributed by atoms with Crippen LogP contribution in [-0.4, -0.2) is 26.2 Å². The van der Waals surface area contributed by atoms with E-state index < -0.39 is 10.0 Å². The van der Waals surface area contributed by atoms with E-state index in [0.717, 1.165) is 0 Å². The predicted octanol–water partition coefficient (Wildman–Crippen LogP) is 2.50. The van der Waals surface area contributed by atoms with Gasteiger partial charge in [0.05, 0.1) is 10.6 Å². The monoisotopic (exact) mass is 304 g/mol. The summed E-state index contributed by atoms with van der Waals surface area (Å²) >= 11 is 0. The highest BCUT2D eigenvalue weighted by Crippen LogP contribution is 2.22. The van der Waals surface area contributed by atoms with Gasteiger partial charge in [-0.05, 0) is 24.3 Å². The van der Waals surface area contributed by atoms with Crippen molar-refractivity contribution < 1.29 is 13.2 Å². The normalized spacial score (nSPS) is 11.1. The van der Waals surface area contributed by atoms with Gasteiger partial charge in [0, 0.05) is 31.4 Å². The summed E-state index contributed by atoms with van der Waals surface area (Å²) in [5.74, 6) is -0.0846. The summed E-state index contributed by atoms with van der Waals surface area (Å²) in [6, 6.07) is 9.32. The molecular formula is C15H16N2O3S. The van der Waals surface area contributed by atoms with Crippen LogP contribution in [0.3, 0.4) is 0 Å². The summed E-state index contributed by atoms with van der Waals surface area (Å²) in [4.78, 5) is 15.7. The molecule has 0 atom stereocenters. The molecule has 21 heavy (non-hydrogen) atoms. The number of sulfonamides is 1. The van der Waals surface area contributed by atoms with Crippen LogP contribution in [0.4, 0.5) is 5.69 Å². The van der Waals surface area contributed by atoms with Gasteiger partial charge < -0.3 is 0 Å². The topological polar surface area (TPSA) is 67.3 Å². The highest BCUT2D eigenvalue weighted by molar-refractivity contribution is 7.92. The van der Waals surface area contributed by atoms with Crippen LogP contribution in [0.1, 0.15) is 23.7 Å². The van der Waals surface area contributed by atoms with Gasteiger partial charge in [-0.15, -0.1) is 0 Å². The van der Waals surface area contributed by atoms with Gasteiger partial charge in [0.1, 0.15) is 0 Å². The Kier molecular flexibility index (Phi) is 4.37. The molecule has 0 aliphatic heterocycles. The van der Waals surface area contributed by atoms with E-state index in [-0.39, 0.29) is 10.7 Å². The van der Waals surface area contributed by atoms with Crippen LogP contribution in [-0.2, 0) is 10.0 Å². The van der Waals surface area contributed by atoms with Crippen LogP contribution in [0.2, 0.25) is 0 Å². The first-order valence-corrected chi connectivity index (χ1v) is 7.93. The highest BCUT2D eigenvalue weighted by atomic mass is 32.2. The number of ketones is 1. The first kappa shape index (κ1) is 15.2. The van der Waals surface area contributed by atoms with Gasteiger partial charge in [0.25, 0.3) is 10.0 Å².